The van der Waals surface area contributed by atoms with Crippen LogP contribution in [0, 0.1) is 17.0 Å². The van der Waals surface area contributed by atoms with Gasteiger partial charge >= 0.3 is 5.69 Å². The van der Waals surface area contributed by atoms with E-state index >= 15 is 0 Å². The highest BCUT2D eigenvalue weighted by molar-refractivity contribution is 5.47. The minimum absolute atomic E-state index is 0.0561. The molecule has 0 spiro atoms. The second-order valence-corrected chi connectivity index (χ2v) is 3.89. The van der Waals surface area contributed by atoms with E-state index in [9.17, 15) is 10.1 Å². The maximum absolute atomic E-state index is 10.9. The normalized spacial score (nSPS) is 10.5. The second-order valence-electron chi connectivity index (χ2n) is 3.89. The fraction of sp³-hybridized carbons (Fsp3) is 0.636. The van der Waals surface area contributed by atoms with Gasteiger partial charge in [-0.1, -0.05) is 0 Å². The average molecular weight is 286 g/mol. The molecule has 0 fully saturated rings. The van der Waals surface area contributed by atoms with Crippen LogP contribution < -0.4 is 10.5 Å². The van der Waals surface area contributed by atoms with E-state index in [-0.39, 0.29) is 29.8 Å². The smallest absolute Gasteiger partial charge is 0.352 e. The highest BCUT2D eigenvalue weighted by Gasteiger charge is 2.22. The number of hydrogen-bond acceptors (Lipinski definition) is 8. The molecule has 1 aromatic rings. The SMILES string of the molecule is COCCOCCCOc1nc(N)nc(C)c1[N+](=O)[O-]. The first kappa shape index (κ1) is 16.1. The summed E-state index contributed by atoms with van der Waals surface area (Å²) in [5, 5.41) is 10.9. The van der Waals surface area contributed by atoms with Crippen molar-refractivity contribution in [1.29, 1.82) is 0 Å². The summed E-state index contributed by atoms with van der Waals surface area (Å²) >= 11 is 0. The highest BCUT2D eigenvalue weighted by Crippen LogP contribution is 2.27. The van der Waals surface area contributed by atoms with Crippen LogP contribution in [0.25, 0.3) is 0 Å². The third-order valence-corrected chi connectivity index (χ3v) is 2.33. The van der Waals surface area contributed by atoms with Crippen molar-refractivity contribution in [3.8, 4) is 5.88 Å². The predicted octanol–water partition coefficient (Wildman–Crippen LogP) is 0.707. The Morgan fingerprint density at radius 3 is 2.65 bits per heavy atom. The largest absolute Gasteiger partial charge is 0.473 e. The summed E-state index contributed by atoms with van der Waals surface area (Å²) in [7, 11) is 1.59. The lowest BCUT2D eigenvalue weighted by Crippen LogP contribution is -2.10. The maximum atomic E-state index is 10.9. The summed E-state index contributed by atoms with van der Waals surface area (Å²) in [5.41, 5.74) is 5.36. The number of nitrogens with two attached hydrogens (primary N) is 1. The zero-order valence-electron chi connectivity index (χ0n) is 11.5. The number of anilines is 1. The van der Waals surface area contributed by atoms with Crippen LogP contribution in [0.5, 0.6) is 5.88 Å². The van der Waals surface area contributed by atoms with Crippen LogP contribution in [0.1, 0.15) is 12.1 Å². The number of aromatic nitrogens is 2. The van der Waals surface area contributed by atoms with Gasteiger partial charge in [-0.25, -0.2) is 4.98 Å². The van der Waals surface area contributed by atoms with Crippen LogP contribution in [0.2, 0.25) is 0 Å². The monoisotopic (exact) mass is 286 g/mol. The molecule has 0 saturated heterocycles. The number of nitrogen functional groups attached to an aromatic ring is 1. The van der Waals surface area contributed by atoms with Gasteiger partial charge in [0.25, 0.3) is 5.88 Å². The molecule has 0 aliphatic rings. The number of ether oxygens (including phenoxy) is 3. The van der Waals surface area contributed by atoms with Crippen LogP contribution in [-0.2, 0) is 9.47 Å². The van der Waals surface area contributed by atoms with Crippen molar-refractivity contribution < 1.29 is 19.1 Å². The number of nitrogens with zero attached hydrogens (tertiary/aromatic N) is 3. The fourth-order valence-electron chi connectivity index (χ4n) is 1.45. The molecule has 20 heavy (non-hydrogen) atoms. The van der Waals surface area contributed by atoms with Gasteiger partial charge in [0.05, 0.1) is 24.7 Å². The Kier molecular flexibility index (Phi) is 6.60. The molecule has 1 heterocycles. The Hall–Kier alpha value is -2.00. The van der Waals surface area contributed by atoms with Gasteiger partial charge < -0.3 is 19.9 Å². The Bertz CT molecular complexity index is 455. The zero-order valence-corrected chi connectivity index (χ0v) is 11.5. The van der Waals surface area contributed by atoms with Crippen molar-refractivity contribution in [2.75, 3.05) is 39.3 Å². The highest BCUT2D eigenvalue weighted by atomic mass is 16.6. The molecular weight excluding hydrogens is 268 g/mol. The number of nitro groups is 1. The topological polar surface area (TPSA) is 123 Å². The fourth-order valence-corrected chi connectivity index (χ4v) is 1.45. The first-order valence-corrected chi connectivity index (χ1v) is 6.04. The molecule has 112 valence electrons. The van der Waals surface area contributed by atoms with E-state index in [1.54, 1.807) is 7.11 Å². The van der Waals surface area contributed by atoms with Gasteiger partial charge in [-0.3, -0.25) is 10.1 Å². The number of rotatable bonds is 9. The van der Waals surface area contributed by atoms with E-state index in [1.165, 1.54) is 6.92 Å². The summed E-state index contributed by atoms with van der Waals surface area (Å²) in [6, 6.07) is 0. The molecule has 0 unspecified atom stereocenters. The van der Waals surface area contributed by atoms with Gasteiger partial charge in [0.2, 0.25) is 5.95 Å². The van der Waals surface area contributed by atoms with Crippen LogP contribution in [0.15, 0.2) is 0 Å². The summed E-state index contributed by atoms with van der Waals surface area (Å²) in [4.78, 5) is 17.8. The molecule has 0 amide bonds. The summed E-state index contributed by atoms with van der Waals surface area (Å²) < 4.78 is 15.3. The average Bonchev–Trinajstić information content (AvgIpc) is 2.36. The van der Waals surface area contributed by atoms with Crippen molar-refractivity contribution in [1.82, 2.24) is 9.97 Å². The van der Waals surface area contributed by atoms with E-state index in [2.05, 4.69) is 9.97 Å². The first-order valence-electron chi connectivity index (χ1n) is 6.04. The lowest BCUT2D eigenvalue weighted by molar-refractivity contribution is -0.387. The van der Waals surface area contributed by atoms with Crippen LogP contribution in [-0.4, -0.2) is 48.4 Å². The molecule has 9 nitrogen and oxygen atoms in total. The first-order chi connectivity index (χ1) is 9.56. The molecule has 1 rings (SSSR count). The number of hydrogen-bond donors (Lipinski definition) is 1. The van der Waals surface area contributed by atoms with Crippen molar-refractivity contribution in [3.05, 3.63) is 15.8 Å². The molecule has 0 radical (unpaired) electrons. The third kappa shape index (κ3) is 4.94. The molecule has 9 heteroatoms. The quantitative estimate of drug-likeness (QED) is 0.400. The number of aryl methyl sites for hydroxylation is 1. The Balaban J connectivity index is 2.49. The van der Waals surface area contributed by atoms with Crippen molar-refractivity contribution >= 4 is 11.6 Å². The second kappa shape index (κ2) is 8.23. The van der Waals surface area contributed by atoms with Gasteiger partial charge in [-0.15, -0.1) is 0 Å². The number of methoxy groups -OCH3 is 1. The Labute approximate surface area is 116 Å². The Morgan fingerprint density at radius 1 is 1.25 bits per heavy atom. The minimum atomic E-state index is -0.584. The summed E-state index contributed by atoms with van der Waals surface area (Å²) in [5.74, 6) is -0.170. The predicted molar refractivity (Wildman–Crippen MR) is 70.6 cm³/mol. The van der Waals surface area contributed by atoms with Gasteiger partial charge in [-0.05, 0) is 6.92 Å². The zero-order chi connectivity index (χ0) is 15.0. The summed E-state index contributed by atoms with van der Waals surface area (Å²) in [6.07, 6.45) is 0.573. The van der Waals surface area contributed by atoms with Crippen molar-refractivity contribution in [2.24, 2.45) is 0 Å². The molecule has 0 aliphatic heterocycles. The maximum Gasteiger partial charge on any atom is 0.352 e. The lowest BCUT2D eigenvalue weighted by atomic mass is 10.3. The Morgan fingerprint density at radius 2 is 2.00 bits per heavy atom. The molecule has 1 aromatic heterocycles. The van der Waals surface area contributed by atoms with E-state index in [0.717, 1.165) is 0 Å². The van der Waals surface area contributed by atoms with Gasteiger partial charge in [0.15, 0.2) is 0 Å². The van der Waals surface area contributed by atoms with Gasteiger partial charge in [0, 0.05) is 20.1 Å². The van der Waals surface area contributed by atoms with E-state index in [1.807, 2.05) is 0 Å². The van der Waals surface area contributed by atoms with E-state index in [4.69, 9.17) is 19.9 Å². The van der Waals surface area contributed by atoms with Crippen LogP contribution >= 0.6 is 0 Å². The lowest BCUT2D eigenvalue weighted by Gasteiger charge is -2.08. The molecule has 0 aliphatic carbocycles. The standard InChI is InChI=1S/C11H18N4O5/c1-8-9(15(16)17)10(14-11(12)13-8)20-5-3-4-19-7-6-18-2/h3-7H2,1-2H3,(H2,12,13,14). The molecule has 0 atom stereocenters. The van der Waals surface area contributed by atoms with E-state index < -0.39 is 4.92 Å². The minimum Gasteiger partial charge on any atom is -0.473 e. The molecule has 0 aromatic carbocycles. The molecule has 0 saturated carbocycles. The molecular formula is C11H18N4O5. The van der Waals surface area contributed by atoms with Gasteiger partial charge in [-0.2, -0.15) is 4.98 Å². The third-order valence-electron chi connectivity index (χ3n) is 2.33. The van der Waals surface area contributed by atoms with Crippen LogP contribution in [0.3, 0.4) is 0 Å². The summed E-state index contributed by atoms with van der Waals surface area (Å²) in [6.45, 7) is 3.21. The molecule has 0 bridgehead atoms. The van der Waals surface area contributed by atoms with Crippen molar-refractivity contribution in [3.63, 3.8) is 0 Å². The molecule has 2 N–H and O–H groups in total. The van der Waals surface area contributed by atoms with Crippen molar-refractivity contribution in [2.45, 2.75) is 13.3 Å². The van der Waals surface area contributed by atoms with Crippen LogP contribution in [0.4, 0.5) is 11.6 Å². The van der Waals surface area contributed by atoms with Gasteiger partial charge in [0.1, 0.15) is 5.69 Å². The van der Waals surface area contributed by atoms with E-state index in [0.29, 0.717) is 26.2 Å².